The van der Waals surface area contributed by atoms with Crippen molar-refractivity contribution in [3.8, 4) is 0 Å². The molecule has 0 saturated heterocycles. The van der Waals surface area contributed by atoms with E-state index in [4.69, 9.17) is 12.2 Å². The lowest BCUT2D eigenvalue weighted by atomic mass is 10.2. The normalized spacial score (nSPS) is 15.3. The van der Waals surface area contributed by atoms with Crippen LogP contribution in [0.25, 0.3) is 0 Å². The maximum atomic E-state index is 13.4. The van der Waals surface area contributed by atoms with Crippen LogP contribution in [0.5, 0.6) is 0 Å². The molecule has 0 radical (unpaired) electrons. The van der Waals surface area contributed by atoms with Crippen molar-refractivity contribution in [2.45, 2.75) is 25.1 Å². The second-order valence-corrected chi connectivity index (χ2v) is 4.47. The average molecular weight is 278 g/mol. The van der Waals surface area contributed by atoms with Gasteiger partial charge in [0.25, 0.3) is 0 Å². The van der Waals surface area contributed by atoms with Gasteiger partial charge in [0, 0.05) is 6.04 Å². The van der Waals surface area contributed by atoms with Crippen LogP contribution in [0.2, 0.25) is 0 Å². The molecule has 0 aromatic heterocycles. The van der Waals surface area contributed by atoms with Crippen molar-refractivity contribution in [1.82, 2.24) is 5.32 Å². The summed E-state index contributed by atoms with van der Waals surface area (Å²) in [6.07, 6.45) is -2.57. The smallest absolute Gasteiger partial charge is 0.360 e. The standard InChI is InChI=1S/C11H10F4N2S/c12-8-4-1-6(11(13,14)15)5-9(8)17-10(18)16-7-2-3-7/h1,4-5,7H,2-3H2,(H2,16,17,18). The largest absolute Gasteiger partial charge is 0.416 e. The van der Waals surface area contributed by atoms with Crippen LogP contribution in [-0.2, 0) is 6.18 Å². The number of thiocarbonyl (C=S) groups is 1. The molecule has 1 aromatic carbocycles. The monoisotopic (exact) mass is 278 g/mol. The van der Waals surface area contributed by atoms with Crippen molar-refractivity contribution in [3.63, 3.8) is 0 Å². The van der Waals surface area contributed by atoms with E-state index in [1.54, 1.807) is 0 Å². The van der Waals surface area contributed by atoms with Gasteiger partial charge in [-0.05, 0) is 43.3 Å². The van der Waals surface area contributed by atoms with Gasteiger partial charge in [0.1, 0.15) is 5.82 Å². The van der Waals surface area contributed by atoms with Crippen molar-refractivity contribution in [2.24, 2.45) is 0 Å². The number of nitrogens with one attached hydrogen (secondary N) is 2. The summed E-state index contributed by atoms with van der Waals surface area (Å²) in [6.45, 7) is 0. The van der Waals surface area contributed by atoms with Crippen LogP contribution >= 0.6 is 12.2 Å². The number of hydrogen-bond acceptors (Lipinski definition) is 1. The third kappa shape index (κ3) is 3.32. The molecule has 1 aliphatic carbocycles. The van der Waals surface area contributed by atoms with Gasteiger partial charge in [-0.3, -0.25) is 0 Å². The van der Waals surface area contributed by atoms with Gasteiger partial charge in [0.2, 0.25) is 0 Å². The molecule has 0 heterocycles. The first-order chi connectivity index (χ1) is 8.36. The lowest BCUT2D eigenvalue weighted by Gasteiger charge is -2.13. The van der Waals surface area contributed by atoms with Crippen LogP contribution in [0.15, 0.2) is 18.2 Å². The minimum absolute atomic E-state index is 0.135. The van der Waals surface area contributed by atoms with Crippen LogP contribution in [-0.4, -0.2) is 11.2 Å². The number of alkyl halides is 3. The number of benzene rings is 1. The lowest BCUT2D eigenvalue weighted by molar-refractivity contribution is -0.137. The predicted molar refractivity (Wildman–Crippen MR) is 63.8 cm³/mol. The highest BCUT2D eigenvalue weighted by Gasteiger charge is 2.31. The molecule has 0 unspecified atom stereocenters. The van der Waals surface area contributed by atoms with Gasteiger partial charge < -0.3 is 10.6 Å². The zero-order valence-corrected chi connectivity index (χ0v) is 9.96. The molecule has 2 N–H and O–H groups in total. The number of rotatable bonds is 2. The topological polar surface area (TPSA) is 24.1 Å². The molecule has 0 bridgehead atoms. The zero-order valence-electron chi connectivity index (χ0n) is 9.14. The van der Waals surface area contributed by atoms with Gasteiger partial charge >= 0.3 is 6.18 Å². The van der Waals surface area contributed by atoms with Gasteiger partial charge in [-0.2, -0.15) is 13.2 Å². The highest BCUT2D eigenvalue weighted by Crippen LogP contribution is 2.31. The maximum absolute atomic E-state index is 13.4. The van der Waals surface area contributed by atoms with Gasteiger partial charge in [-0.15, -0.1) is 0 Å². The van der Waals surface area contributed by atoms with Gasteiger partial charge in [-0.1, -0.05) is 0 Å². The van der Waals surface area contributed by atoms with Crippen molar-refractivity contribution in [2.75, 3.05) is 5.32 Å². The summed E-state index contributed by atoms with van der Waals surface area (Å²) in [5, 5.41) is 5.43. The Balaban J connectivity index is 2.12. The first-order valence-electron chi connectivity index (χ1n) is 5.30. The molecule has 1 fully saturated rings. The van der Waals surface area contributed by atoms with E-state index in [9.17, 15) is 17.6 Å². The van der Waals surface area contributed by atoms with Crippen LogP contribution in [0, 0.1) is 5.82 Å². The third-order valence-electron chi connectivity index (χ3n) is 2.45. The third-order valence-corrected chi connectivity index (χ3v) is 2.67. The Morgan fingerprint density at radius 2 is 1.94 bits per heavy atom. The summed E-state index contributed by atoms with van der Waals surface area (Å²) in [4.78, 5) is 0. The van der Waals surface area contributed by atoms with Crippen molar-refractivity contribution in [1.29, 1.82) is 0 Å². The summed E-state index contributed by atoms with van der Waals surface area (Å²) < 4.78 is 50.7. The van der Waals surface area contributed by atoms with Crippen molar-refractivity contribution < 1.29 is 17.6 Å². The molecule has 1 aromatic rings. The molecule has 7 heteroatoms. The Hall–Kier alpha value is -1.37. The number of anilines is 1. The molecule has 98 valence electrons. The van der Waals surface area contributed by atoms with Gasteiger partial charge in [0.15, 0.2) is 5.11 Å². The van der Waals surface area contributed by atoms with Crippen LogP contribution in [0.3, 0.4) is 0 Å². The molecule has 18 heavy (non-hydrogen) atoms. The highest BCUT2D eigenvalue weighted by atomic mass is 32.1. The zero-order chi connectivity index (χ0) is 13.3. The van der Waals surface area contributed by atoms with E-state index in [1.165, 1.54) is 0 Å². The van der Waals surface area contributed by atoms with Crippen LogP contribution < -0.4 is 10.6 Å². The van der Waals surface area contributed by atoms with Gasteiger partial charge in [-0.25, -0.2) is 4.39 Å². The van der Waals surface area contributed by atoms with E-state index in [0.717, 1.165) is 18.9 Å². The predicted octanol–water partition coefficient (Wildman–Crippen LogP) is 3.29. The fraction of sp³-hybridized carbons (Fsp3) is 0.364. The number of halogens is 4. The SMILES string of the molecule is Fc1ccc(C(F)(F)F)cc1NC(=S)NC1CC1. The second-order valence-electron chi connectivity index (χ2n) is 4.07. The summed E-state index contributed by atoms with van der Waals surface area (Å²) in [5.74, 6) is -0.775. The maximum Gasteiger partial charge on any atom is 0.416 e. The molecule has 0 spiro atoms. The summed E-state index contributed by atoms with van der Waals surface area (Å²) in [5.41, 5.74) is -1.19. The second kappa shape index (κ2) is 4.72. The van der Waals surface area contributed by atoms with Crippen molar-refractivity contribution in [3.05, 3.63) is 29.6 Å². The summed E-state index contributed by atoms with van der Waals surface area (Å²) >= 11 is 4.88. The molecular weight excluding hydrogens is 268 g/mol. The average Bonchev–Trinajstić information content (AvgIpc) is 3.03. The van der Waals surface area contributed by atoms with E-state index in [2.05, 4.69) is 10.6 Å². The summed E-state index contributed by atoms with van der Waals surface area (Å²) in [7, 11) is 0. The minimum atomic E-state index is -4.50. The molecule has 0 amide bonds. The molecule has 1 saturated carbocycles. The van der Waals surface area contributed by atoms with Gasteiger partial charge in [0.05, 0.1) is 11.3 Å². The van der Waals surface area contributed by atoms with E-state index in [-0.39, 0.29) is 16.8 Å². The Bertz CT molecular complexity index is 469. The lowest BCUT2D eigenvalue weighted by Crippen LogP contribution is -2.30. The fourth-order valence-corrected chi connectivity index (χ4v) is 1.65. The Morgan fingerprint density at radius 1 is 1.28 bits per heavy atom. The summed E-state index contributed by atoms with van der Waals surface area (Å²) in [6, 6.07) is 2.41. The van der Waals surface area contributed by atoms with E-state index < -0.39 is 17.6 Å². The molecular formula is C11H10F4N2S. The highest BCUT2D eigenvalue weighted by molar-refractivity contribution is 7.80. The van der Waals surface area contributed by atoms with E-state index in [1.807, 2.05) is 0 Å². The van der Waals surface area contributed by atoms with E-state index in [0.29, 0.717) is 12.1 Å². The first-order valence-corrected chi connectivity index (χ1v) is 5.71. The Kier molecular flexibility index (Phi) is 3.43. The fourth-order valence-electron chi connectivity index (χ4n) is 1.37. The number of hydrogen-bond donors (Lipinski definition) is 2. The van der Waals surface area contributed by atoms with Crippen LogP contribution in [0.1, 0.15) is 18.4 Å². The van der Waals surface area contributed by atoms with Crippen molar-refractivity contribution >= 4 is 23.0 Å². The quantitative estimate of drug-likeness (QED) is 0.641. The molecule has 0 aliphatic heterocycles. The molecule has 2 nitrogen and oxygen atoms in total. The first kappa shape index (κ1) is 13.1. The Labute approximate surface area is 106 Å². The molecule has 0 atom stereocenters. The molecule has 1 aliphatic rings. The van der Waals surface area contributed by atoms with Crippen LogP contribution in [0.4, 0.5) is 23.2 Å². The minimum Gasteiger partial charge on any atom is -0.360 e. The Morgan fingerprint density at radius 3 is 2.50 bits per heavy atom. The van der Waals surface area contributed by atoms with E-state index >= 15 is 0 Å². The molecule has 2 rings (SSSR count).